The van der Waals surface area contributed by atoms with Gasteiger partial charge in [0.1, 0.15) is 11.4 Å². The number of ether oxygens (including phenoxy) is 2. The van der Waals surface area contributed by atoms with Crippen LogP contribution >= 0.6 is 11.6 Å². The van der Waals surface area contributed by atoms with E-state index in [4.69, 9.17) is 21.1 Å². The van der Waals surface area contributed by atoms with Crippen molar-refractivity contribution in [1.29, 1.82) is 0 Å². The first kappa shape index (κ1) is 19.4. The van der Waals surface area contributed by atoms with Crippen LogP contribution in [0.25, 0.3) is 11.3 Å². The van der Waals surface area contributed by atoms with Crippen LogP contribution in [0.3, 0.4) is 0 Å². The Morgan fingerprint density at radius 3 is 2.54 bits per heavy atom. The monoisotopic (exact) mass is 403 g/mol. The van der Waals surface area contributed by atoms with Crippen LogP contribution in [0, 0.1) is 0 Å². The highest BCUT2D eigenvalue weighted by Crippen LogP contribution is 2.41. The first-order chi connectivity index (χ1) is 13.5. The summed E-state index contributed by atoms with van der Waals surface area (Å²) in [6.45, 7) is 0. The summed E-state index contributed by atoms with van der Waals surface area (Å²) in [5.41, 5.74) is 2.22. The number of carbonyl (C=O) groups excluding carboxylic acids is 1. The molecule has 3 aromatic rings. The third kappa shape index (κ3) is 3.81. The Morgan fingerprint density at radius 1 is 1.14 bits per heavy atom. The Balaban J connectivity index is 2.15. The number of aryl methyl sites for hydroxylation is 1. The molecular weight excluding hydrogens is 386 g/mol. The zero-order valence-corrected chi connectivity index (χ0v) is 16.4. The van der Waals surface area contributed by atoms with E-state index in [1.54, 1.807) is 32.5 Å². The second-order valence-electron chi connectivity index (χ2n) is 5.61. The summed E-state index contributed by atoms with van der Waals surface area (Å²) >= 11 is 5.97. The molecular formula is C17H18ClN7O3. The van der Waals surface area contributed by atoms with E-state index in [-0.39, 0.29) is 10.8 Å². The summed E-state index contributed by atoms with van der Waals surface area (Å²) in [6, 6.07) is 5.01. The molecule has 0 unspecified atom stereocenters. The maximum atomic E-state index is 12.1. The van der Waals surface area contributed by atoms with Crippen molar-refractivity contribution in [1.82, 2.24) is 30.5 Å². The lowest BCUT2D eigenvalue weighted by atomic mass is 10.1. The highest BCUT2D eigenvalue weighted by Gasteiger charge is 2.20. The van der Waals surface area contributed by atoms with Crippen LogP contribution in [0.2, 0.25) is 5.15 Å². The van der Waals surface area contributed by atoms with E-state index in [2.05, 4.69) is 31.0 Å². The largest absolute Gasteiger partial charge is 0.497 e. The first-order valence-electron chi connectivity index (χ1n) is 8.11. The number of halogens is 1. The molecule has 3 rings (SSSR count). The highest BCUT2D eigenvalue weighted by molar-refractivity contribution is 6.29. The summed E-state index contributed by atoms with van der Waals surface area (Å²) < 4.78 is 11.0. The Bertz CT molecular complexity index is 1020. The number of hydrogen-bond donors (Lipinski definition) is 2. The number of benzene rings is 1. The minimum atomic E-state index is -0.414. The number of rotatable bonds is 6. The van der Waals surface area contributed by atoms with Gasteiger partial charge in [-0.25, -0.2) is 0 Å². The molecule has 1 amide bonds. The molecule has 0 radical (unpaired) electrons. The van der Waals surface area contributed by atoms with Crippen molar-refractivity contribution in [2.45, 2.75) is 0 Å². The predicted molar refractivity (Wildman–Crippen MR) is 103 cm³/mol. The second kappa shape index (κ2) is 8.09. The number of amides is 1. The van der Waals surface area contributed by atoms with E-state index in [1.165, 1.54) is 25.0 Å². The van der Waals surface area contributed by atoms with E-state index < -0.39 is 5.91 Å². The zero-order valence-electron chi connectivity index (χ0n) is 15.6. The molecule has 2 heterocycles. The number of hydrogen-bond acceptors (Lipinski definition) is 8. The van der Waals surface area contributed by atoms with Crippen LogP contribution in [0.15, 0.2) is 24.4 Å². The van der Waals surface area contributed by atoms with Crippen molar-refractivity contribution in [2.75, 3.05) is 26.6 Å². The molecule has 0 spiro atoms. The molecule has 11 heteroatoms. The van der Waals surface area contributed by atoms with Crippen molar-refractivity contribution in [3.63, 3.8) is 0 Å². The van der Waals surface area contributed by atoms with E-state index >= 15 is 0 Å². The van der Waals surface area contributed by atoms with E-state index in [0.29, 0.717) is 34.1 Å². The number of anilines is 2. The fraction of sp³-hybridized carbons (Fsp3) is 0.235. The van der Waals surface area contributed by atoms with Gasteiger partial charge in [0.25, 0.3) is 5.91 Å². The molecule has 0 aliphatic rings. The third-order valence-corrected chi connectivity index (χ3v) is 4.04. The van der Waals surface area contributed by atoms with Crippen LogP contribution in [-0.4, -0.2) is 52.4 Å². The summed E-state index contributed by atoms with van der Waals surface area (Å²) in [6.07, 6.45) is 1.61. The molecule has 0 aliphatic heterocycles. The van der Waals surface area contributed by atoms with Gasteiger partial charge in [-0.2, -0.15) is 15.0 Å². The summed E-state index contributed by atoms with van der Waals surface area (Å²) in [5.74, 6) is 0.623. The fourth-order valence-electron chi connectivity index (χ4n) is 2.59. The summed E-state index contributed by atoms with van der Waals surface area (Å²) in [7, 11) is 6.30. The van der Waals surface area contributed by atoms with Crippen molar-refractivity contribution < 1.29 is 14.3 Å². The normalized spacial score (nSPS) is 10.5. The summed E-state index contributed by atoms with van der Waals surface area (Å²) in [5, 5.41) is 21.8. The van der Waals surface area contributed by atoms with Crippen LogP contribution in [-0.2, 0) is 7.05 Å². The molecule has 2 aromatic heterocycles. The molecule has 0 fully saturated rings. The van der Waals surface area contributed by atoms with Gasteiger partial charge in [0, 0.05) is 26.2 Å². The lowest BCUT2D eigenvalue weighted by Crippen LogP contribution is -2.21. The minimum Gasteiger partial charge on any atom is -0.497 e. The molecule has 0 atom stereocenters. The minimum absolute atomic E-state index is 0.0813. The van der Waals surface area contributed by atoms with Gasteiger partial charge < -0.3 is 20.1 Å². The number of aromatic nitrogens is 5. The summed E-state index contributed by atoms with van der Waals surface area (Å²) in [4.78, 5) is 13.6. The van der Waals surface area contributed by atoms with Gasteiger partial charge in [-0.1, -0.05) is 11.6 Å². The SMILES string of the molecule is CNC(=O)c1nnc(Cl)cc1Nc1cc(OC)cc(-c2cnn(C)n2)c1OC. The Hall–Kier alpha value is -3.40. The lowest BCUT2D eigenvalue weighted by molar-refractivity contribution is 0.0958. The predicted octanol–water partition coefficient (Wildman–Crippen LogP) is 2.05. The maximum Gasteiger partial charge on any atom is 0.273 e. The Kier molecular flexibility index (Phi) is 5.59. The van der Waals surface area contributed by atoms with E-state index in [9.17, 15) is 4.79 Å². The fourth-order valence-corrected chi connectivity index (χ4v) is 2.73. The van der Waals surface area contributed by atoms with E-state index in [0.717, 1.165) is 0 Å². The average molecular weight is 404 g/mol. The number of nitrogens with one attached hydrogen (secondary N) is 2. The molecule has 10 nitrogen and oxygen atoms in total. The van der Waals surface area contributed by atoms with Crippen LogP contribution in [0.5, 0.6) is 11.5 Å². The third-order valence-electron chi connectivity index (χ3n) is 3.85. The van der Waals surface area contributed by atoms with Crippen LogP contribution in [0.1, 0.15) is 10.5 Å². The van der Waals surface area contributed by atoms with Crippen LogP contribution in [0.4, 0.5) is 11.4 Å². The van der Waals surface area contributed by atoms with Crippen molar-refractivity contribution in [3.05, 3.63) is 35.2 Å². The Labute approximate surface area is 165 Å². The molecule has 0 aliphatic carbocycles. The molecule has 0 bridgehead atoms. The van der Waals surface area contributed by atoms with Gasteiger partial charge in [0.2, 0.25) is 0 Å². The molecule has 1 aromatic carbocycles. The maximum absolute atomic E-state index is 12.1. The van der Waals surface area contributed by atoms with Crippen LogP contribution < -0.4 is 20.1 Å². The lowest BCUT2D eigenvalue weighted by Gasteiger charge is -2.17. The number of nitrogens with zero attached hydrogens (tertiary/aromatic N) is 5. The number of methoxy groups -OCH3 is 2. The molecule has 2 N–H and O–H groups in total. The number of carbonyl (C=O) groups is 1. The van der Waals surface area contributed by atoms with Gasteiger partial charge in [0.15, 0.2) is 16.6 Å². The topological polar surface area (TPSA) is 116 Å². The molecule has 146 valence electrons. The Morgan fingerprint density at radius 2 is 1.93 bits per heavy atom. The molecule has 28 heavy (non-hydrogen) atoms. The second-order valence-corrected chi connectivity index (χ2v) is 6.00. The smallest absolute Gasteiger partial charge is 0.273 e. The van der Waals surface area contributed by atoms with Gasteiger partial charge in [-0.15, -0.1) is 10.2 Å². The van der Waals surface area contributed by atoms with Crippen molar-refractivity contribution in [2.24, 2.45) is 7.05 Å². The molecule has 0 saturated carbocycles. The quantitative estimate of drug-likeness (QED) is 0.642. The molecule has 0 saturated heterocycles. The highest BCUT2D eigenvalue weighted by atomic mass is 35.5. The van der Waals surface area contributed by atoms with Crippen molar-refractivity contribution in [3.8, 4) is 22.8 Å². The average Bonchev–Trinajstić information content (AvgIpc) is 3.13. The zero-order chi connectivity index (χ0) is 20.3. The first-order valence-corrected chi connectivity index (χ1v) is 8.49. The van der Waals surface area contributed by atoms with Gasteiger partial charge in [-0.05, 0) is 6.07 Å². The van der Waals surface area contributed by atoms with Gasteiger partial charge in [-0.3, -0.25) is 4.79 Å². The van der Waals surface area contributed by atoms with E-state index in [1.807, 2.05) is 0 Å². The van der Waals surface area contributed by atoms with Gasteiger partial charge >= 0.3 is 0 Å². The standard InChI is InChI=1S/C17H18ClN7O3/c1-19-17(26)15-11(7-14(18)22-23-15)21-12-6-9(27-3)5-10(16(12)28-4)13-8-20-25(2)24-13/h5-8H,1-4H3,(H,19,26)(H,21,22). The van der Waals surface area contributed by atoms with Gasteiger partial charge in [0.05, 0.1) is 37.4 Å². The van der Waals surface area contributed by atoms with Crippen molar-refractivity contribution >= 4 is 28.9 Å².